The maximum absolute atomic E-state index is 5.21. The lowest BCUT2D eigenvalue weighted by molar-refractivity contribution is 0.415. The van der Waals surface area contributed by atoms with Gasteiger partial charge < -0.3 is 4.74 Å². The van der Waals surface area contributed by atoms with Gasteiger partial charge in [-0.1, -0.05) is 37.6 Å². The Hall–Kier alpha value is -2.35. The Kier molecular flexibility index (Phi) is 5.97. The van der Waals surface area contributed by atoms with Crippen LogP contribution in [0.5, 0.6) is 5.75 Å². The second-order valence-electron chi connectivity index (χ2n) is 6.54. The van der Waals surface area contributed by atoms with E-state index in [4.69, 9.17) is 9.73 Å². The fourth-order valence-corrected chi connectivity index (χ4v) is 2.80. The monoisotopic (exact) mass is 321 g/mol. The molecule has 0 bridgehead atoms. The molecule has 0 saturated carbocycles. The molecule has 126 valence electrons. The van der Waals surface area contributed by atoms with Gasteiger partial charge in [-0.15, -0.1) is 0 Å². The van der Waals surface area contributed by atoms with Gasteiger partial charge in [0.05, 0.1) is 12.8 Å². The highest BCUT2D eigenvalue weighted by Gasteiger charge is 2.09. The van der Waals surface area contributed by atoms with E-state index in [1.54, 1.807) is 7.11 Å². The zero-order valence-corrected chi connectivity index (χ0v) is 15.6. The molecule has 0 spiro atoms. The first-order chi connectivity index (χ1) is 11.4. The average molecular weight is 321 g/mol. The lowest BCUT2D eigenvalue weighted by atomic mass is 9.94. The zero-order chi connectivity index (χ0) is 17.7. The van der Waals surface area contributed by atoms with E-state index in [0.29, 0.717) is 5.92 Å². The van der Waals surface area contributed by atoms with Crippen LogP contribution in [0.1, 0.15) is 44.4 Å². The molecule has 24 heavy (non-hydrogen) atoms. The summed E-state index contributed by atoms with van der Waals surface area (Å²) in [6.45, 7) is 10.8. The van der Waals surface area contributed by atoms with Crippen LogP contribution in [0.3, 0.4) is 0 Å². The molecule has 0 fully saturated rings. The van der Waals surface area contributed by atoms with Gasteiger partial charge in [-0.05, 0) is 68.2 Å². The van der Waals surface area contributed by atoms with Crippen LogP contribution in [0.4, 0.5) is 5.69 Å². The van der Waals surface area contributed by atoms with Gasteiger partial charge in [0, 0.05) is 11.3 Å². The van der Waals surface area contributed by atoms with Gasteiger partial charge in [0.15, 0.2) is 0 Å². The van der Waals surface area contributed by atoms with Crippen molar-refractivity contribution in [3.8, 4) is 5.75 Å². The summed E-state index contributed by atoms with van der Waals surface area (Å²) >= 11 is 0. The standard InChI is InChI=1S/C22H27NO/c1-15(2)13-17(4)21-12-7-16(3)14-22(21)18(5)23-19-8-10-20(24-6)11-9-19/h7-15H,1-6H3/b17-13+,23-18?. The molecule has 2 heteroatoms. The average Bonchev–Trinajstić information content (AvgIpc) is 2.54. The van der Waals surface area contributed by atoms with E-state index in [0.717, 1.165) is 17.1 Å². The minimum atomic E-state index is 0.526. The molecule has 2 rings (SSSR count). The van der Waals surface area contributed by atoms with Crippen molar-refractivity contribution in [3.05, 3.63) is 65.2 Å². The molecule has 0 heterocycles. The minimum absolute atomic E-state index is 0.526. The molecule has 2 aromatic carbocycles. The molecule has 0 aromatic heterocycles. The predicted molar refractivity (Wildman–Crippen MR) is 105 cm³/mol. The van der Waals surface area contributed by atoms with Crippen molar-refractivity contribution in [1.82, 2.24) is 0 Å². The summed E-state index contributed by atoms with van der Waals surface area (Å²) < 4.78 is 5.21. The van der Waals surface area contributed by atoms with Gasteiger partial charge >= 0.3 is 0 Å². The third-order valence-corrected chi connectivity index (χ3v) is 3.94. The van der Waals surface area contributed by atoms with E-state index >= 15 is 0 Å². The van der Waals surface area contributed by atoms with Gasteiger partial charge in [-0.3, -0.25) is 4.99 Å². The fraction of sp³-hybridized carbons (Fsp3) is 0.318. The van der Waals surface area contributed by atoms with Crippen LogP contribution < -0.4 is 4.74 Å². The van der Waals surface area contributed by atoms with Gasteiger partial charge in [0.25, 0.3) is 0 Å². The number of hydrogen-bond acceptors (Lipinski definition) is 2. The second kappa shape index (κ2) is 7.96. The Morgan fingerprint density at radius 2 is 1.67 bits per heavy atom. The van der Waals surface area contributed by atoms with Crippen molar-refractivity contribution in [2.45, 2.75) is 34.6 Å². The summed E-state index contributed by atoms with van der Waals surface area (Å²) in [5, 5.41) is 0. The first-order valence-corrected chi connectivity index (χ1v) is 8.40. The summed E-state index contributed by atoms with van der Waals surface area (Å²) in [6, 6.07) is 14.4. The van der Waals surface area contributed by atoms with Crippen LogP contribution >= 0.6 is 0 Å². The van der Waals surface area contributed by atoms with E-state index in [1.165, 1.54) is 22.3 Å². The lowest BCUT2D eigenvalue weighted by Crippen LogP contribution is -2.01. The highest BCUT2D eigenvalue weighted by molar-refractivity contribution is 6.04. The predicted octanol–water partition coefficient (Wildman–Crippen LogP) is 6.20. The normalized spacial score (nSPS) is 12.6. The van der Waals surface area contributed by atoms with E-state index < -0.39 is 0 Å². The zero-order valence-electron chi connectivity index (χ0n) is 15.6. The SMILES string of the molecule is COc1ccc(N=C(C)c2cc(C)ccc2/C(C)=C/C(C)C)cc1. The molecule has 0 radical (unpaired) electrons. The fourth-order valence-electron chi connectivity index (χ4n) is 2.80. The van der Waals surface area contributed by atoms with Crippen LogP contribution in [0.25, 0.3) is 5.57 Å². The molecule has 2 nitrogen and oxygen atoms in total. The van der Waals surface area contributed by atoms with Gasteiger partial charge in [-0.25, -0.2) is 0 Å². The molecule has 0 amide bonds. The van der Waals surface area contributed by atoms with E-state index in [1.807, 2.05) is 24.3 Å². The number of aliphatic imine (C=N–C) groups is 1. The Labute approximate surface area is 145 Å². The van der Waals surface area contributed by atoms with Crippen molar-refractivity contribution >= 4 is 17.0 Å². The van der Waals surface area contributed by atoms with Crippen molar-refractivity contribution < 1.29 is 4.74 Å². The number of allylic oxidation sites excluding steroid dienone is 2. The highest BCUT2D eigenvalue weighted by atomic mass is 16.5. The lowest BCUT2D eigenvalue weighted by Gasteiger charge is -2.12. The summed E-state index contributed by atoms with van der Waals surface area (Å²) in [5.74, 6) is 1.37. The number of benzene rings is 2. The molecule has 0 aliphatic carbocycles. The first kappa shape index (κ1) is 18.0. The molecular formula is C22H27NO. The number of rotatable bonds is 5. The van der Waals surface area contributed by atoms with Crippen LogP contribution in [0.2, 0.25) is 0 Å². The Balaban J connectivity index is 2.45. The van der Waals surface area contributed by atoms with E-state index in [-0.39, 0.29) is 0 Å². The summed E-state index contributed by atoms with van der Waals surface area (Å²) in [5.41, 5.74) is 6.95. The van der Waals surface area contributed by atoms with Crippen LogP contribution in [-0.2, 0) is 0 Å². The Morgan fingerprint density at radius 1 is 1.00 bits per heavy atom. The van der Waals surface area contributed by atoms with E-state index in [9.17, 15) is 0 Å². The summed E-state index contributed by atoms with van der Waals surface area (Å²) in [7, 11) is 1.67. The third-order valence-electron chi connectivity index (χ3n) is 3.94. The maximum atomic E-state index is 5.21. The van der Waals surface area contributed by atoms with Crippen molar-refractivity contribution in [2.75, 3.05) is 7.11 Å². The summed E-state index contributed by atoms with van der Waals surface area (Å²) in [4.78, 5) is 4.80. The molecular weight excluding hydrogens is 294 g/mol. The van der Waals surface area contributed by atoms with Gasteiger partial charge in [-0.2, -0.15) is 0 Å². The highest BCUT2D eigenvalue weighted by Crippen LogP contribution is 2.25. The van der Waals surface area contributed by atoms with Crippen LogP contribution in [0, 0.1) is 12.8 Å². The van der Waals surface area contributed by atoms with Gasteiger partial charge in [0.2, 0.25) is 0 Å². The quantitative estimate of drug-likeness (QED) is 0.600. The summed E-state index contributed by atoms with van der Waals surface area (Å²) in [6.07, 6.45) is 2.30. The Bertz CT molecular complexity index is 752. The number of aryl methyl sites for hydroxylation is 1. The number of hydrogen-bond donors (Lipinski definition) is 0. The smallest absolute Gasteiger partial charge is 0.119 e. The molecule has 0 atom stereocenters. The van der Waals surface area contributed by atoms with Crippen molar-refractivity contribution in [3.63, 3.8) is 0 Å². The second-order valence-corrected chi connectivity index (χ2v) is 6.54. The van der Waals surface area contributed by atoms with Gasteiger partial charge in [0.1, 0.15) is 5.75 Å². The maximum Gasteiger partial charge on any atom is 0.119 e. The van der Waals surface area contributed by atoms with Crippen molar-refractivity contribution in [2.24, 2.45) is 10.9 Å². The van der Waals surface area contributed by atoms with Crippen LogP contribution in [0.15, 0.2) is 53.5 Å². The number of methoxy groups -OCH3 is 1. The largest absolute Gasteiger partial charge is 0.497 e. The van der Waals surface area contributed by atoms with E-state index in [2.05, 4.69) is 58.9 Å². The topological polar surface area (TPSA) is 21.6 Å². The molecule has 0 saturated heterocycles. The van der Waals surface area contributed by atoms with Crippen LogP contribution in [-0.4, -0.2) is 12.8 Å². The molecule has 0 unspecified atom stereocenters. The molecule has 2 aromatic rings. The molecule has 0 aliphatic rings. The molecule has 0 N–H and O–H groups in total. The minimum Gasteiger partial charge on any atom is -0.497 e. The Morgan fingerprint density at radius 3 is 2.25 bits per heavy atom. The first-order valence-electron chi connectivity index (χ1n) is 8.40. The number of nitrogens with zero attached hydrogens (tertiary/aromatic N) is 1. The third kappa shape index (κ3) is 4.58. The van der Waals surface area contributed by atoms with Crippen molar-refractivity contribution in [1.29, 1.82) is 0 Å². The molecule has 0 aliphatic heterocycles. The number of ether oxygens (including phenoxy) is 1.